The van der Waals surface area contributed by atoms with Crippen molar-refractivity contribution < 1.29 is 0 Å². The van der Waals surface area contributed by atoms with Crippen molar-refractivity contribution in [1.82, 2.24) is 0 Å². The standard InChI is InChI=1S/C11H16S/c1-9-6-7-11(12-9)8-10-4-2-3-5-10/h6-7,10H,2-5,8H2,1H3. The van der Waals surface area contributed by atoms with Gasteiger partial charge in [0.25, 0.3) is 0 Å². The predicted octanol–water partition coefficient (Wildman–Crippen LogP) is 3.79. The Labute approximate surface area is 78.6 Å². The summed E-state index contributed by atoms with van der Waals surface area (Å²) in [5, 5.41) is 0. The molecule has 2 rings (SSSR count). The number of hydrogen-bond acceptors (Lipinski definition) is 1. The monoisotopic (exact) mass is 180 g/mol. The van der Waals surface area contributed by atoms with Crippen LogP contribution in [0.4, 0.5) is 0 Å². The fraction of sp³-hybridized carbons (Fsp3) is 0.636. The van der Waals surface area contributed by atoms with Gasteiger partial charge in [0.05, 0.1) is 0 Å². The summed E-state index contributed by atoms with van der Waals surface area (Å²) in [6.07, 6.45) is 7.22. The molecule has 1 saturated carbocycles. The zero-order valence-corrected chi connectivity index (χ0v) is 8.49. The molecule has 1 fully saturated rings. The van der Waals surface area contributed by atoms with E-state index in [1.54, 1.807) is 4.88 Å². The van der Waals surface area contributed by atoms with E-state index in [-0.39, 0.29) is 0 Å². The van der Waals surface area contributed by atoms with Crippen LogP contribution < -0.4 is 0 Å². The Morgan fingerprint density at radius 2 is 2.08 bits per heavy atom. The van der Waals surface area contributed by atoms with Crippen molar-refractivity contribution in [3.63, 3.8) is 0 Å². The minimum atomic E-state index is 1.00. The van der Waals surface area contributed by atoms with Gasteiger partial charge < -0.3 is 0 Å². The van der Waals surface area contributed by atoms with E-state index in [1.165, 1.54) is 37.0 Å². The Morgan fingerprint density at radius 1 is 1.33 bits per heavy atom. The molecule has 0 nitrogen and oxygen atoms in total. The summed E-state index contributed by atoms with van der Waals surface area (Å²) in [7, 11) is 0. The normalized spacial score (nSPS) is 18.8. The topological polar surface area (TPSA) is 0 Å². The van der Waals surface area contributed by atoms with E-state index in [1.807, 2.05) is 11.3 Å². The largest absolute Gasteiger partial charge is 0.146 e. The van der Waals surface area contributed by atoms with E-state index in [9.17, 15) is 0 Å². The Hall–Kier alpha value is -0.300. The third kappa shape index (κ3) is 1.89. The van der Waals surface area contributed by atoms with Crippen LogP contribution in [0.2, 0.25) is 0 Å². The first-order valence-corrected chi connectivity index (χ1v) is 5.71. The first-order valence-electron chi connectivity index (χ1n) is 4.90. The molecule has 0 unspecified atom stereocenters. The fourth-order valence-corrected chi connectivity index (χ4v) is 3.10. The lowest BCUT2D eigenvalue weighted by atomic mass is 10.0. The zero-order valence-electron chi connectivity index (χ0n) is 7.68. The molecule has 66 valence electrons. The van der Waals surface area contributed by atoms with E-state index >= 15 is 0 Å². The van der Waals surface area contributed by atoms with Crippen molar-refractivity contribution >= 4 is 11.3 Å². The molecule has 12 heavy (non-hydrogen) atoms. The van der Waals surface area contributed by atoms with Crippen LogP contribution in [-0.4, -0.2) is 0 Å². The highest BCUT2D eigenvalue weighted by molar-refractivity contribution is 7.11. The Bertz CT molecular complexity index is 243. The van der Waals surface area contributed by atoms with Gasteiger partial charge in [-0.3, -0.25) is 0 Å². The molecule has 1 aromatic heterocycles. The first kappa shape index (κ1) is 8.31. The van der Waals surface area contributed by atoms with E-state index < -0.39 is 0 Å². The second-order valence-corrected chi connectivity index (χ2v) is 5.24. The van der Waals surface area contributed by atoms with Crippen LogP contribution in [0, 0.1) is 12.8 Å². The lowest BCUT2D eigenvalue weighted by Gasteiger charge is -2.05. The third-order valence-corrected chi connectivity index (χ3v) is 3.78. The Morgan fingerprint density at radius 3 is 2.67 bits per heavy atom. The van der Waals surface area contributed by atoms with Gasteiger partial charge in [-0.15, -0.1) is 11.3 Å². The Kier molecular flexibility index (Phi) is 2.50. The highest BCUT2D eigenvalue weighted by Crippen LogP contribution is 2.29. The SMILES string of the molecule is Cc1ccc(CC2CCCC2)s1. The van der Waals surface area contributed by atoms with Gasteiger partial charge in [0.15, 0.2) is 0 Å². The minimum Gasteiger partial charge on any atom is -0.146 e. The van der Waals surface area contributed by atoms with E-state index in [4.69, 9.17) is 0 Å². The van der Waals surface area contributed by atoms with Gasteiger partial charge in [-0.25, -0.2) is 0 Å². The first-order chi connectivity index (χ1) is 5.84. The van der Waals surface area contributed by atoms with E-state index in [0.717, 1.165) is 5.92 Å². The van der Waals surface area contributed by atoms with Gasteiger partial charge in [0.1, 0.15) is 0 Å². The molecule has 1 heteroatoms. The molecule has 0 spiro atoms. The molecular weight excluding hydrogens is 164 g/mol. The maximum atomic E-state index is 2.30. The smallest absolute Gasteiger partial charge is 0.00508 e. The van der Waals surface area contributed by atoms with Crippen molar-refractivity contribution in [2.24, 2.45) is 5.92 Å². The molecule has 0 aliphatic heterocycles. The summed E-state index contributed by atoms with van der Waals surface area (Å²) in [4.78, 5) is 3.06. The van der Waals surface area contributed by atoms with Crippen LogP contribution in [0.5, 0.6) is 0 Å². The zero-order chi connectivity index (χ0) is 8.39. The number of hydrogen-bond donors (Lipinski definition) is 0. The van der Waals surface area contributed by atoms with Crippen LogP contribution in [0.1, 0.15) is 35.4 Å². The minimum absolute atomic E-state index is 1.00. The highest BCUT2D eigenvalue weighted by atomic mass is 32.1. The van der Waals surface area contributed by atoms with E-state index in [0.29, 0.717) is 0 Å². The molecule has 0 bridgehead atoms. The molecule has 0 saturated heterocycles. The average molecular weight is 180 g/mol. The lowest BCUT2D eigenvalue weighted by molar-refractivity contribution is 0.551. The van der Waals surface area contributed by atoms with Gasteiger partial charge >= 0.3 is 0 Å². The molecular formula is C11H16S. The van der Waals surface area contributed by atoms with Gasteiger partial charge in [-0.05, 0) is 31.4 Å². The number of aryl methyl sites for hydroxylation is 1. The maximum absolute atomic E-state index is 2.30. The molecule has 1 aliphatic carbocycles. The second kappa shape index (κ2) is 3.61. The number of rotatable bonds is 2. The van der Waals surface area contributed by atoms with Crippen LogP contribution in [0.25, 0.3) is 0 Å². The summed E-state index contributed by atoms with van der Waals surface area (Å²) in [6.45, 7) is 2.20. The average Bonchev–Trinajstić information content (AvgIpc) is 2.63. The van der Waals surface area contributed by atoms with Gasteiger partial charge in [-0.2, -0.15) is 0 Å². The Balaban J connectivity index is 1.94. The van der Waals surface area contributed by atoms with Crippen LogP contribution in [-0.2, 0) is 6.42 Å². The number of thiophene rings is 1. The molecule has 0 radical (unpaired) electrons. The molecule has 0 amide bonds. The van der Waals surface area contributed by atoms with Crippen molar-refractivity contribution in [2.75, 3.05) is 0 Å². The van der Waals surface area contributed by atoms with Gasteiger partial charge in [-0.1, -0.05) is 25.7 Å². The van der Waals surface area contributed by atoms with Crippen molar-refractivity contribution in [2.45, 2.75) is 39.0 Å². The van der Waals surface area contributed by atoms with Crippen molar-refractivity contribution in [3.8, 4) is 0 Å². The maximum Gasteiger partial charge on any atom is 0.00508 e. The second-order valence-electron chi connectivity index (χ2n) is 3.87. The van der Waals surface area contributed by atoms with Crippen LogP contribution in [0.15, 0.2) is 12.1 Å². The third-order valence-electron chi connectivity index (χ3n) is 2.76. The van der Waals surface area contributed by atoms with E-state index in [2.05, 4.69) is 19.1 Å². The van der Waals surface area contributed by atoms with Crippen molar-refractivity contribution in [1.29, 1.82) is 0 Å². The fourth-order valence-electron chi connectivity index (χ4n) is 2.09. The summed E-state index contributed by atoms with van der Waals surface area (Å²) < 4.78 is 0. The molecule has 0 aromatic carbocycles. The molecule has 1 aliphatic rings. The molecule has 0 N–H and O–H groups in total. The molecule has 0 atom stereocenters. The summed E-state index contributed by atoms with van der Waals surface area (Å²) in [5.74, 6) is 1.00. The summed E-state index contributed by atoms with van der Waals surface area (Å²) in [5.41, 5.74) is 0. The van der Waals surface area contributed by atoms with Gasteiger partial charge in [0, 0.05) is 9.75 Å². The highest BCUT2D eigenvalue weighted by Gasteiger charge is 2.15. The quantitative estimate of drug-likeness (QED) is 0.649. The molecule has 1 heterocycles. The molecule has 1 aromatic rings. The lowest BCUT2D eigenvalue weighted by Crippen LogP contribution is -1.95. The van der Waals surface area contributed by atoms with Gasteiger partial charge in [0.2, 0.25) is 0 Å². The van der Waals surface area contributed by atoms with Crippen LogP contribution >= 0.6 is 11.3 Å². The predicted molar refractivity (Wildman–Crippen MR) is 54.7 cm³/mol. The summed E-state index contributed by atoms with van der Waals surface area (Å²) in [6, 6.07) is 4.55. The summed E-state index contributed by atoms with van der Waals surface area (Å²) >= 11 is 1.97. The van der Waals surface area contributed by atoms with Crippen molar-refractivity contribution in [3.05, 3.63) is 21.9 Å². The van der Waals surface area contributed by atoms with Crippen LogP contribution in [0.3, 0.4) is 0 Å².